The van der Waals surface area contributed by atoms with E-state index >= 15 is 0 Å². The largest absolute Gasteiger partial charge is 0.493 e. The first-order valence-electron chi connectivity index (χ1n) is 13.2. The molecule has 3 heterocycles. The molecule has 0 atom stereocenters. The van der Waals surface area contributed by atoms with Crippen LogP contribution in [0.1, 0.15) is 76.3 Å². The lowest BCUT2D eigenvalue weighted by molar-refractivity contribution is -0.134. The average molecular weight is 508 g/mol. The highest BCUT2D eigenvalue weighted by Crippen LogP contribution is 2.37. The van der Waals surface area contributed by atoms with Crippen LogP contribution in [0.25, 0.3) is 0 Å². The smallest absolute Gasteiger partial charge is 0.257 e. The third kappa shape index (κ3) is 6.26. The highest BCUT2D eigenvalue weighted by molar-refractivity contribution is 5.97. The van der Waals surface area contributed by atoms with Crippen LogP contribution in [-0.2, 0) is 4.79 Å². The Morgan fingerprint density at radius 1 is 1.00 bits per heavy atom. The van der Waals surface area contributed by atoms with Gasteiger partial charge in [0.25, 0.3) is 11.8 Å². The van der Waals surface area contributed by atoms with Crippen molar-refractivity contribution in [2.45, 2.75) is 59.3 Å². The molecule has 1 aromatic heterocycles. The molecule has 9 heteroatoms. The van der Waals surface area contributed by atoms with Gasteiger partial charge in [0.05, 0.1) is 28.8 Å². The third-order valence-corrected chi connectivity index (χ3v) is 7.43. The van der Waals surface area contributed by atoms with E-state index in [1.807, 2.05) is 30.9 Å². The minimum Gasteiger partial charge on any atom is -0.493 e. The van der Waals surface area contributed by atoms with Crippen molar-refractivity contribution in [1.29, 1.82) is 0 Å². The van der Waals surface area contributed by atoms with E-state index in [9.17, 15) is 14.4 Å². The number of fused-ring (bicyclic) bond motifs is 1. The van der Waals surface area contributed by atoms with Crippen molar-refractivity contribution in [3.8, 4) is 5.75 Å². The Hall–Kier alpha value is -3.49. The second-order valence-electron chi connectivity index (χ2n) is 10.2. The normalized spacial score (nSPS) is 19.1. The molecule has 3 amide bonds. The van der Waals surface area contributed by atoms with Crippen LogP contribution in [0.3, 0.4) is 0 Å². The molecule has 1 fully saturated rings. The Morgan fingerprint density at radius 2 is 1.76 bits per heavy atom. The zero-order valence-corrected chi connectivity index (χ0v) is 22.1. The monoisotopic (exact) mass is 507 g/mol. The first kappa shape index (κ1) is 26.6. The summed E-state index contributed by atoms with van der Waals surface area (Å²) >= 11 is 0. The number of hydrogen-bond donors (Lipinski definition) is 2. The first-order valence-corrected chi connectivity index (χ1v) is 13.2. The molecule has 1 spiro atoms. The third-order valence-electron chi connectivity index (χ3n) is 7.43. The Morgan fingerprint density at radius 3 is 2.51 bits per heavy atom. The van der Waals surface area contributed by atoms with Crippen molar-refractivity contribution < 1.29 is 19.1 Å². The highest BCUT2D eigenvalue weighted by atomic mass is 16.5. The molecule has 0 unspecified atom stereocenters. The van der Waals surface area contributed by atoms with Gasteiger partial charge in [0, 0.05) is 32.4 Å². The van der Waals surface area contributed by atoms with Crippen LogP contribution in [0.5, 0.6) is 5.75 Å². The zero-order valence-electron chi connectivity index (χ0n) is 22.1. The summed E-state index contributed by atoms with van der Waals surface area (Å²) in [6.07, 6.45) is 5.73. The van der Waals surface area contributed by atoms with Crippen molar-refractivity contribution in [2.75, 3.05) is 32.8 Å². The van der Waals surface area contributed by atoms with E-state index in [0.29, 0.717) is 80.4 Å². The second kappa shape index (κ2) is 11.7. The predicted molar refractivity (Wildman–Crippen MR) is 140 cm³/mol. The molecule has 4 rings (SSSR count). The van der Waals surface area contributed by atoms with Crippen LogP contribution in [0.15, 0.2) is 24.4 Å². The number of aromatic nitrogens is 2. The fourth-order valence-corrected chi connectivity index (χ4v) is 5.16. The van der Waals surface area contributed by atoms with E-state index in [2.05, 4.69) is 20.6 Å². The van der Waals surface area contributed by atoms with Crippen molar-refractivity contribution in [3.05, 3.63) is 52.6 Å². The van der Waals surface area contributed by atoms with E-state index in [0.717, 1.165) is 24.8 Å². The lowest BCUT2D eigenvalue weighted by Crippen LogP contribution is -2.50. The molecule has 0 radical (unpaired) electrons. The van der Waals surface area contributed by atoms with Gasteiger partial charge in [0.2, 0.25) is 5.91 Å². The molecule has 2 N–H and O–H groups in total. The molecule has 37 heavy (non-hydrogen) atoms. The number of aryl methyl sites for hydroxylation is 3. The standard InChI is InChI=1S/C28H37N5O4/c1-19-7-8-22-24(17-19)37-16-6-13-30-27(36)28(9-4-5-12-29-25(22)34)10-14-33(15-11-28)26(35)23-18-31-21(3)32-20(23)2/h7-8,17-18H,4-6,9-16H2,1-3H3,(H,29,34)(H,30,36). The Balaban J connectivity index is 1.41. The number of piperidine rings is 1. The van der Waals surface area contributed by atoms with Crippen LogP contribution in [0.4, 0.5) is 0 Å². The number of carbonyl (C=O) groups excluding carboxylic acids is 3. The van der Waals surface area contributed by atoms with Crippen LogP contribution < -0.4 is 15.4 Å². The van der Waals surface area contributed by atoms with Crippen molar-refractivity contribution in [3.63, 3.8) is 0 Å². The fourth-order valence-electron chi connectivity index (χ4n) is 5.16. The van der Waals surface area contributed by atoms with Crippen molar-refractivity contribution in [1.82, 2.24) is 25.5 Å². The van der Waals surface area contributed by atoms with Crippen molar-refractivity contribution in [2.24, 2.45) is 5.41 Å². The molecule has 198 valence electrons. The number of amides is 3. The maximum absolute atomic E-state index is 13.4. The summed E-state index contributed by atoms with van der Waals surface area (Å²) in [4.78, 5) is 49.6. The summed E-state index contributed by atoms with van der Waals surface area (Å²) < 4.78 is 5.92. The van der Waals surface area contributed by atoms with E-state index in [-0.39, 0.29) is 17.7 Å². The van der Waals surface area contributed by atoms with Gasteiger partial charge in [0.1, 0.15) is 11.6 Å². The number of rotatable bonds is 1. The minimum absolute atomic E-state index is 0.0459. The summed E-state index contributed by atoms with van der Waals surface area (Å²) in [5, 5.41) is 6.12. The lowest BCUT2D eigenvalue weighted by Gasteiger charge is -2.41. The van der Waals surface area contributed by atoms with Gasteiger partial charge in [-0.25, -0.2) is 9.97 Å². The zero-order chi connectivity index (χ0) is 26.4. The number of likely N-dealkylation sites (tertiary alicyclic amines) is 1. The number of ether oxygens (including phenoxy) is 1. The van der Waals surface area contributed by atoms with Crippen LogP contribution in [0, 0.1) is 26.2 Å². The van der Waals surface area contributed by atoms with Crippen molar-refractivity contribution >= 4 is 17.7 Å². The van der Waals surface area contributed by atoms with E-state index in [4.69, 9.17) is 4.74 Å². The Bertz CT molecular complexity index is 1160. The molecular formula is C28H37N5O4. The summed E-state index contributed by atoms with van der Waals surface area (Å²) in [5.74, 6) is 1.03. The molecule has 1 aromatic carbocycles. The van der Waals surface area contributed by atoms with E-state index in [1.54, 1.807) is 19.2 Å². The van der Waals surface area contributed by atoms with Gasteiger partial charge in [-0.3, -0.25) is 14.4 Å². The second-order valence-corrected chi connectivity index (χ2v) is 10.2. The number of nitrogens with zero attached hydrogens (tertiary/aromatic N) is 3. The van der Waals surface area contributed by atoms with E-state index in [1.165, 1.54) is 0 Å². The molecular weight excluding hydrogens is 470 g/mol. The number of hydrogen-bond acceptors (Lipinski definition) is 6. The SMILES string of the molecule is Cc1ccc2c(c1)OCCCNC(=O)C1(CCCCNC2=O)CCN(C(=O)c2cnc(C)nc2C)CC1. The average Bonchev–Trinajstić information content (AvgIpc) is 2.88. The van der Waals surface area contributed by atoms with Gasteiger partial charge in [-0.1, -0.05) is 12.5 Å². The highest BCUT2D eigenvalue weighted by Gasteiger charge is 2.41. The predicted octanol–water partition coefficient (Wildman–Crippen LogP) is 3.12. The van der Waals surface area contributed by atoms with Gasteiger partial charge >= 0.3 is 0 Å². The summed E-state index contributed by atoms with van der Waals surface area (Å²) in [6.45, 7) is 8.03. The molecule has 0 aliphatic carbocycles. The molecule has 0 bridgehead atoms. The van der Waals surface area contributed by atoms with Gasteiger partial charge in [0.15, 0.2) is 0 Å². The van der Waals surface area contributed by atoms with Gasteiger partial charge in [-0.05, 0) is 70.6 Å². The van der Waals surface area contributed by atoms with Gasteiger partial charge < -0.3 is 20.3 Å². The summed E-state index contributed by atoms with van der Waals surface area (Å²) in [5.41, 5.74) is 2.22. The lowest BCUT2D eigenvalue weighted by atomic mass is 9.73. The van der Waals surface area contributed by atoms with Gasteiger partial charge in [-0.2, -0.15) is 0 Å². The molecule has 2 aliphatic heterocycles. The molecule has 1 saturated heterocycles. The summed E-state index contributed by atoms with van der Waals surface area (Å²) in [7, 11) is 0. The van der Waals surface area contributed by atoms with Crippen LogP contribution in [-0.4, -0.2) is 65.4 Å². The maximum Gasteiger partial charge on any atom is 0.257 e. The number of nitrogens with one attached hydrogen (secondary N) is 2. The van der Waals surface area contributed by atoms with Crippen LogP contribution >= 0.6 is 0 Å². The Kier molecular flexibility index (Phi) is 8.41. The van der Waals surface area contributed by atoms with Crippen LogP contribution in [0.2, 0.25) is 0 Å². The molecule has 2 aromatic rings. The quantitative estimate of drug-likeness (QED) is 0.613. The molecule has 9 nitrogen and oxygen atoms in total. The first-order chi connectivity index (χ1) is 17.8. The summed E-state index contributed by atoms with van der Waals surface area (Å²) in [6, 6.07) is 5.58. The minimum atomic E-state index is -0.527. The number of benzene rings is 1. The topological polar surface area (TPSA) is 114 Å². The maximum atomic E-state index is 13.4. The molecule has 2 aliphatic rings. The number of carbonyl (C=O) groups is 3. The molecule has 0 saturated carbocycles. The van der Waals surface area contributed by atoms with E-state index < -0.39 is 5.41 Å². The Labute approximate surface area is 218 Å². The fraction of sp³-hybridized carbons (Fsp3) is 0.536. The van der Waals surface area contributed by atoms with Gasteiger partial charge in [-0.15, -0.1) is 0 Å².